The van der Waals surface area contributed by atoms with E-state index in [2.05, 4.69) is 10.6 Å². The number of rotatable bonds is 7. The van der Waals surface area contributed by atoms with Gasteiger partial charge in [0.05, 0.1) is 6.26 Å². The summed E-state index contributed by atoms with van der Waals surface area (Å²) in [6.45, 7) is 2.01. The Hall–Kier alpha value is -3.77. The van der Waals surface area contributed by atoms with Crippen LogP contribution in [-0.2, 0) is 4.79 Å². The summed E-state index contributed by atoms with van der Waals surface area (Å²) in [7, 11) is 0. The first-order chi connectivity index (χ1) is 15.6. The van der Waals surface area contributed by atoms with Gasteiger partial charge in [0.15, 0.2) is 5.76 Å². The lowest BCUT2D eigenvalue weighted by Gasteiger charge is -2.18. The van der Waals surface area contributed by atoms with Crippen molar-refractivity contribution in [3.05, 3.63) is 114 Å². The summed E-state index contributed by atoms with van der Waals surface area (Å²) in [6, 6.07) is 28.0. The molecule has 0 fully saturated rings. The third kappa shape index (κ3) is 5.47. The van der Waals surface area contributed by atoms with E-state index in [4.69, 9.17) is 4.42 Å². The van der Waals surface area contributed by atoms with Gasteiger partial charge in [-0.2, -0.15) is 0 Å². The molecule has 3 aromatic carbocycles. The van der Waals surface area contributed by atoms with E-state index in [1.54, 1.807) is 18.2 Å². The maximum atomic E-state index is 13.2. The molecule has 2 N–H and O–H groups in total. The minimum atomic E-state index is -0.464. The zero-order chi connectivity index (χ0) is 22.3. The van der Waals surface area contributed by atoms with Gasteiger partial charge >= 0.3 is 0 Å². The predicted molar refractivity (Wildman–Crippen MR) is 128 cm³/mol. The average molecular weight is 443 g/mol. The molecule has 2 amide bonds. The van der Waals surface area contributed by atoms with Crippen LogP contribution in [0.2, 0.25) is 0 Å². The van der Waals surface area contributed by atoms with Crippen LogP contribution in [0.5, 0.6) is 0 Å². The minimum Gasteiger partial charge on any atom is -0.459 e. The van der Waals surface area contributed by atoms with Crippen LogP contribution in [0.4, 0.5) is 11.4 Å². The number of furan rings is 1. The first-order valence-corrected chi connectivity index (χ1v) is 11.0. The highest BCUT2D eigenvalue weighted by atomic mass is 32.2. The molecule has 32 heavy (non-hydrogen) atoms. The van der Waals surface area contributed by atoms with Gasteiger partial charge in [-0.05, 0) is 55.0 Å². The zero-order valence-electron chi connectivity index (χ0n) is 17.4. The fourth-order valence-corrected chi connectivity index (χ4v) is 4.21. The van der Waals surface area contributed by atoms with Gasteiger partial charge in [0.25, 0.3) is 5.91 Å². The molecule has 5 nitrogen and oxygen atoms in total. The van der Waals surface area contributed by atoms with E-state index in [0.717, 1.165) is 21.7 Å². The molecule has 0 saturated carbocycles. The first kappa shape index (κ1) is 21.5. The van der Waals surface area contributed by atoms with E-state index in [1.807, 2.05) is 79.7 Å². The summed E-state index contributed by atoms with van der Waals surface area (Å²) in [5.41, 5.74) is 3.40. The molecule has 1 aromatic heterocycles. The Labute approximate surface area is 190 Å². The highest BCUT2D eigenvalue weighted by Crippen LogP contribution is 2.37. The third-order valence-electron chi connectivity index (χ3n) is 4.75. The minimum absolute atomic E-state index is 0.116. The van der Waals surface area contributed by atoms with Crippen molar-refractivity contribution in [2.45, 2.75) is 17.1 Å². The van der Waals surface area contributed by atoms with Crippen molar-refractivity contribution in [1.29, 1.82) is 0 Å². The quantitative estimate of drug-likeness (QED) is 0.329. The Balaban J connectivity index is 1.54. The Kier molecular flexibility index (Phi) is 6.72. The standard InChI is InChI=1S/C26H22N2O3S/c1-18-12-14-20(15-13-18)27-26(30)24(19-7-3-2-4-8-19)32-22-10-5-9-21(17-22)28-25(29)23-11-6-16-31-23/h2-17,24H,1H3,(H,27,30)(H,28,29). The van der Waals surface area contributed by atoms with Crippen LogP contribution in [0.1, 0.15) is 26.9 Å². The number of carbonyl (C=O) groups excluding carboxylic acids is 2. The van der Waals surface area contributed by atoms with Crippen molar-refractivity contribution in [1.82, 2.24) is 0 Å². The first-order valence-electron chi connectivity index (χ1n) is 10.1. The molecule has 1 atom stereocenters. The molecule has 0 aliphatic heterocycles. The van der Waals surface area contributed by atoms with Crippen LogP contribution in [0, 0.1) is 6.92 Å². The van der Waals surface area contributed by atoms with Crippen LogP contribution in [0.15, 0.2) is 107 Å². The Bertz CT molecular complexity index is 1190. The van der Waals surface area contributed by atoms with E-state index in [1.165, 1.54) is 18.0 Å². The van der Waals surface area contributed by atoms with Crippen molar-refractivity contribution >= 4 is 35.0 Å². The normalized spacial score (nSPS) is 11.5. The van der Waals surface area contributed by atoms with Gasteiger partial charge in [-0.15, -0.1) is 11.8 Å². The maximum Gasteiger partial charge on any atom is 0.291 e. The molecule has 1 unspecified atom stereocenters. The number of benzene rings is 3. The highest BCUT2D eigenvalue weighted by Gasteiger charge is 2.22. The number of amides is 2. The van der Waals surface area contributed by atoms with Gasteiger partial charge < -0.3 is 15.1 Å². The summed E-state index contributed by atoms with van der Waals surface area (Å²) in [5, 5.41) is 5.37. The molecule has 4 aromatic rings. The molecular formula is C26H22N2O3S. The number of thioether (sulfide) groups is 1. The fraction of sp³-hybridized carbons (Fsp3) is 0.0769. The summed E-state index contributed by atoms with van der Waals surface area (Å²) in [6.07, 6.45) is 1.46. The van der Waals surface area contributed by atoms with Gasteiger partial charge in [0.1, 0.15) is 5.25 Å². The van der Waals surface area contributed by atoms with Crippen LogP contribution in [0.25, 0.3) is 0 Å². The molecule has 1 heterocycles. The Morgan fingerprint density at radius 2 is 1.59 bits per heavy atom. The molecule has 0 bridgehead atoms. The number of hydrogen-bond acceptors (Lipinski definition) is 4. The lowest BCUT2D eigenvalue weighted by molar-refractivity contribution is -0.115. The monoisotopic (exact) mass is 442 g/mol. The van der Waals surface area contributed by atoms with Crippen molar-refractivity contribution in [2.24, 2.45) is 0 Å². The molecule has 0 saturated heterocycles. The summed E-state index contributed by atoms with van der Waals surface area (Å²) in [4.78, 5) is 26.4. The van der Waals surface area contributed by atoms with Gasteiger partial charge in [-0.25, -0.2) is 0 Å². The summed E-state index contributed by atoms with van der Waals surface area (Å²) < 4.78 is 5.15. The molecule has 0 spiro atoms. The number of nitrogens with one attached hydrogen (secondary N) is 2. The van der Waals surface area contributed by atoms with Crippen LogP contribution < -0.4 is 10.6 Å². The average Bonchev–Trinajstić information content (AvgIpc) is 3.35. The van der Waals surface area contributed by atoms with Crippen LogP contribution in [0.3, 0.4) is 0 Å². The molecule has 0 aliphatic rings. The van der Waals surface area contributed by atoms with Crippen molar-refractivity contribution in [3.8, 4) is 0 Å². The number of carbonyl (C=O) groups is 2. The van der Waals surface area contributed by atoms with E-state index in [-0.39, 0.29) is 17.6 Å². The number of anilines is 2. The van der Waals surface area contributed by atoms with Crippen molar-refractivity contribution < 1.29 is 14.0 Å². The van der Waals surface area contributed by atoms with E-state index >= 15 is 0 Å². The van der Waals surface area contributed by atoms with Gasteiger partial charge in [-0.3, -0.25) is 9.59 Å². The molecule has 160 valence electrons. The van der Waals surface area contributed by atoms with E-state index in [9.17, 15) is 9.59 Å². The van der Waals surface area contributed by atoms with Crippen molar-refractivity contribution in [3.63, 3.8) is 0 Å². The lowest BCUT2D eigenvalue weighted by Crippen LogP contribution is -2.19. The fourth-order valence-electron chi connectivity index (χ4n) is 3.13. The van der Waals surface area contributed by atoms with Crippen molar-refractivity contribution in [2.75, 3.05) is 10.6 Å². The van der Waals surface area contributed by atoms with Gasteiger partial charge in [0, 0.05) is 16.3 Å². The smallest absolute Gasteiger partial charge is 0.291 e. The molecular weight excluding hydrogens is 420 g/mol. The van der Waals surface area contributed by atoms with Crippen LogP contribution in [-0.4, -0.2) is 11.8 Å². The SMILES string of the molecule is Cc1ccc(NC(=O)C(Sc2cccc(NC(=O)c3ccco3)c2)c2ccccc2)cc1. The number of hydrogen-bond donors (Lipinski definition) is 2. The van der Waals surface area contributed by atoms with Gasteiger partial charge in [0.2, 0.25) is 5.91 Å². The summed E-state index contributed by atoms with van der Waals surface area (Å²) in [5.74, 6) is -0.202. The molecule has 4 rings (SSSR count). The Morgan fingerprint density at radius 1 is 0.812 bits per heavy atom. The van der Waals surface area contributed by atoms with Crippen LogP contribution >= 0.6 is 11.8 Å². The summed E-state index contributed by atoms with van der Waals surface area (Å²) >= 11 is 1.42. The lowest BCUT2D eigenvalue weighted by atomic mass is 10.1. The molecule has 0 aliphatic carbocycles. The second kappa shape index (κ2) is 10.0. The second-order valence-electron chi connectivity index (χ2n) is 7.22. The predicted octanol–water partition coefficient (Wildman–Crippen LogP) is 6.31. The Morgan fingerprint density at radius 3 is 2.31 bits per heavy atom. The maximum absolute atomic E-state index is 13.2. The molecule has 6 heteroatoms. The highest BCUT2D eigenvalue weighted by molar-refractivity contribution is 8.00. The second-order valence-corrected chi connectivity index (χ2v) is 8.40. The topological polar surface area (TPSA) is 71.3 Å². The van der Waals surface area contributed by atoms with E-state index < -0.39 is 5.25 Å². The van der Waals surface area contributed by atoms with E-state index in [0.29, 0.717) is 5.69 Å². The zero-order valence-corrected chi connectivity index (χ0v) is 18.3. The van der Waals surface area contributed by atoms with Gasteiger partial charge in [-0.1, -0.05) is 54.1 Å². The molecule has 0 radical (unpaired) electrons. The number of aryl methyl sites for hydroxylation is 1. The largest absolute Gasteiger partial charge is 0.459 e. The third-order valence-corrected chi connectivity index (χ3v) is 6.00.